The van der Waals surface area contributed by atoms with Crippen molar-refractivity contribution in [2.45, 2.75) is 19.9 Å². The zero-order valence-electron chi connectivity index (χ0n) is 11.4. The van der Waals surface area contributed by atoms with Gasteiger partial charge in [0.05, 0.1) is 11.6 Å². The Hall–Kier alpha value is -1.76. The summed E-state index contributed by atoms with van der Waals surface area (Å²) in [6, 6.07) is 3.53. The maximum atomic E-state index is 11.8. The number of rotatable bonds is 5. The average Bonchev–Trinajstić information content (AvgIpc) is 2.37. The molecule has 0 aliphatic heterocycles. The van der Waals surface area contributed by atoms with Crippen LogP contribution >= 0.6 is 15.9 Å². The second-order valence-electron chi connectivity index (χ2n) is 4.51. The molecule has 6 nitrogen and oxygen atoms in total. The highest BCUT2D eigenvalue weighted by Gasteiger charge is 2.23. The molecule has 3 N–H and O–H groups in total. The van der Waals surface area contributed by atoms with Crippen LogP contribution < -0.4 is 15.4 Å². The molecule has 1 atom stereocenters. The third-order valence-corrected chi connectivity index (χ3v) is 3.28. The van der Waals surface area contributed by atoms with Crippen LogP contribution in [0.5, 0.6) is 5.75 Å². The first-order valence-electron chi connectivity index (χ1n) is 5.99. The van der Waals surface area contributed by atoms with E-state index in [1.54, 1.807) is 32.0 Å². The molecule has 0 saturated carbocycles. The first-order valence-corrected chi connectivity index (χ1v) is 6.78. The Morgan fingerprint density at radius 1 is 1.35 bits per heavy atom. The normalized spacial score (nSPS) is 11.8. The Balaban J connectivity index is 2.73. The van der Waals surface area contributed by atoms with Crippen LogP contribution in [-0.2, 0) is 4.79 Å². The number of benzene rings is 1. The number of carboxylic acid groups (broad SMARTS) is 1. The highest BCUT2D eigenvalue weighted by atomic mass is 79.9. The Bertz CT molecular complexity index is 505. The lowest BCUT2D eigenvalue weighted by molar-refractivity contribution is -0.140. The molecule has 0 bridgehead atoms. The molecule has 1 aromatic carbocycles. The molecule has 1 rings (SSSR count). The van der Waals surface area contributed by atoms with Gasteiger partial charge in [0.2, 0.25) is 0 Å². The lowest BCUT2D eigenvalue weighted by Crippen LogP contribution is -2.46. The number of methoxy groups -OCH3 is 1. The Labute approximate surface area is 125 Å². The van der Waals surface area contributed by atoms with Crippen LogP contribution in [0.1, 0.15) is 13.8 Å². The molecule has 0 saturated heterocycles. The number of carbonyl (C=O) groups excluding carboxylic acids is 1. The molecule has 0 aliphatic carbocycles. The van der Waals surface area contributed by atoms with Crippen molar-refractivity contribution in [3.8, 4) is 5.75 Å². The number of halogens is 1. The molecule has 0 fully saturated rings. The number of amides is 2. The molecule has 20 heavy (non-hydrogen) atoms. The maximum absolute atomic E-state index is 11.8. The topological polar surface area (TPSA) is 87.7 Å². The number of carbonyl (C=O) groups is 2. The van der Waals surface area contributed by atoms with Crippen molar-refractivity contribution in [1.29, 1.82) is 0 Å². The summed E-state index contributed by atoms with van der Waals surface area (Å²) >= 11 is 3.30. The Morgan fingerprint density at radius 3 is 2.50 bits per heavy atom. The van der Waals surface area contributed by atoms with Gasteiger partial charge >= 0.3 is 12.0 Å². The van der Waals surface area contributed by atoms with Crippen molar-refractivity contribution in [2.24, 2.45) is 5.92 Å². The number of urea groups is 1. The van der Waals surface area contributed by atoms with Crippen LogP contribution in [0.15, 0.2) is 22.7 Å². The van der Waals surface area contributed by atoms with E-state index in [9.17, 15) is 9.59 Å². The molecule has 1 aromatic rings. The van der Waals surface area contributed by atoms with E-state index in [0.717, 1.165) is 4.47 Å². The minimum atomic E-state index is -1.07. The third-order valence-electron chi connectivity index (χ3n) is 2.63. The van der Waals surface area contributed by atoms with Crippen molar-refractivity contribution in [3.63, 3.8) is 0 Å². The van der Waals surface area contributed by atoms with E-state index in [-0.39, 0.29) is 5.92 Å². The number of carboxylic acids is 1. The van der Waals surface area contributed by atoms with Crippen molar-refractivity contribution < 1.29 is 19.4 Å². The highest BCUT2D eigenvalue weighted by Crippen LogP contribution is 2.27. The Morgan fingerprint density at radius 2 is 2.00 bits per heavy atom. The van der Waals surface area contributed by atoms with Crippen LogP contribution in [-0.4, -0.2) is 30.3 Å². The van der Waals surface area contributed by atoms with E-state index in [1.807, 2.05) is 0 Å². The summed E-state index contributed by atoms with van der Waals surface area (Å²) in [5.74, 6) is -0.706. The van der Waals surface area contributed by atoms with Gasteiger partial charge in [0, 0.05) is 11.8 Å². The summed E-state index contributed by atoms with van der Waals surface area (Å²) in [6.07, 6.45) is 0. The van der Waals surface area contributed by atoms with Crippen molar-refractivity contribution >= 4 is 33.6 Å². The summed E-state index contributed by atoms with van der Waals surface area (Å²) in [7, 11) is 1.52. The van der Waals surface area contributed by atoms with Gasteiger partial charge in [0.25, 0.3) is 0 Å². The first-order chi connectivity index (χ1) is 9.35. The molecular formula is C13H17BrN2O4. The maximum Gasteiger partial charge on any atom is 0.326 e. The van der Waals surface area contributed by atoms with Gasteiger partial charge in [0.1, 0.15) is 11.8 Å². The molecule has 2 amide bonds. The second-order valence-corrected chi connectivity index (χ2v) is 5.36. The SMILES string of the molecule is COc1cc(NC(=O)N[C@H](C(=O)O)C(C)C)ccc1Br. The van der Waals surface area contributed by atoms with Crippen LogP contribution in [0.3, 0.4) is 0 Å². The fourth-order valence-corrected chi connectivity index (χ4v) is 1.97. The fourth-order valence-electron chi connectivity index (χ4n) is 1.56. The quantitative estimate of drug-likeness (QED) is 0.766. The van der Waals surface area contributed by atoms with Gasteiger partial charge in [-0.2, -0.15) is 0 Å². The predicted molar refractivity (Wildman–Crippen MR) is 79.1 cm³/mol. The van der Waals surface area contributed by atoms with Gasteiger partial charge in [-0.15, -0.1) is 0 Å². The number of nitrogens with one attached hydrogen (secondary N) is 2. The summed E-state index contributed by atoms with van der Waals surface area (Å²) in [4.78, 5) is 22.8. The number of aliphatic carboxylic acids is 1. The lowest BCUT2D eigenvalue weighted by Gasteiger charge is -2.18. The summed E-state index contributed by atoms with van der Waals surface area (Å²) in [5.41, 5.74) is 0.510. The minimum absolute atomic E-state index is 0.210. The van der Waals surface area contributed by atoms with Gasteiger partial charge in [-0.3, -0.25) is 0 Å². The van der Waals surface area contributed by atoms with Crippen molar-refractivity contribution in [1.82, 2.24) is 5.32 Å². The van der Waals surface area contributed by atoms with Gasteiger partial charge in [0.15, 0.2) is 0 Å². The number of hydrogen-bond acceptors (Lipinski definition) is 3. The first kappa shape index (κ1) is 16.3. The summed E-state index contributed by atoms with van der Waals surface area (Å²) < 4.78 is 5.87. The molecule has 0 aliphatic rings. The second kappa shape index (κ2) is 7.14. The zero-order valence-corrected chi connectivity index (χ0v) is 13.0. The molecule has 110 valence electrons. The van der Waals surface area contributed by atoms with Crippen LogP contribution in [0.2, 0.25) is 0 Å². The van der Waals surface area contributed by atoms with E-state index < -0.39 is 18.0 Å². The molecule has 0 radical (unpaired) electrons. The number of ether oxygens (including phenoxy) is 1. The van der Waals surface area contributed by atoms with E-state index in [4.69, 9.17) is 9.84 Å². The van der Waals surface area contributed by atoms with Gasteiger partial charge in [-0.25, -0.2) is 9.59 Å². The number of anilines is 1. The number of hydrogen-bond donors (Lipinski definition) is 3. The van der Waals surface area contributed by atoms with E-state index in [1.165, 1.54) is 7.11 Å². The zero-order chi connectivity index (χ0) is 15.3. The minimum Gasteiger partial charge on any atom is -0.495 e. The summed E-state index contributed by atoms with van der Waals surface area (Å²) in [5, 5.41) is 14.0. The van der Waals surface area contributed by atoms with Crippen LogP contribution in [0.25, 0.3) is 0 Å². The molecule has 7 heteroatoms. The highest BCUT2D eigenvalue weighted by molar-refractivity contribution is 9.10. The van der Waals surface area contributed by atoms with Crippen LogP contribution in [0.4, 0.5) is 10.5 Å². The molecule has 0 heterocycles. The van der Waals surface area contributed by atoms with E-state index in [0.29, 0.717) is 11.4 Å². The molecule has 0 unspecified atom stereocenters. The molecule has 0 spiro atoms. The molecular weight excluding hydrogens is 328 g/mol. The van der Waals surface area contributed by atoms with Crippen molar-refractivity contribution in [2.75, 3.05) is 12.4 Å². The smallest absolute Gasteiger partial charge is 0.326 e. The average molecular weight is 345 g/mol. The summed E-state index contributed by atoms with van der Waals surface area (Å²) in [6.45, 7) is 3.45. The fraction of sp³-hybridized carbons (Fsp3) is 0.385. The lowest BCUT2D eigenvalue weighted by atomic mass is 10.1. The van der Waals surface area contributed by atoms with Crippen molar-refractivity contribution in [3.05, 3.63) is 22.7 Å². The Kier molecular flexibility index (Phi) is 5.82. The third kappa shape index (κ3) is 4.41. The van der Waals surface area contributed by atoms with E-state index in [2.05, 4.69) is 26.6 Å². The van der Waals surface area contributed by atoms with Gasteiger partial charge < -0.3 is 20.5 Å². The van der Waals surface area contributed by atoms with Gasteiger partial charge in [-0.1, -0.05) is 13.8 Å². The standard InChI is InChI=1S/C13H17BrN2O4/c1-7(2)11(12(17)18)16-13(19)15-8-4-5-9(14)10(6-8)20-3/h4-7,11H,1-3H3,(H,17,18)(H2,15,16,19)/t11-/m0/s1. The van der Waals surface area contributed by atoms with Crippen LogP contribution in [0, 0.1) is 5.92 Å². The predicted octanol–water partition coefficient (Wildman–Crippen LogP) is 2.69. The molecule has 0 aromatic heterocycles. The van der Waals surface area contributed by atoms with E-state index >= 15 is 0 Å². The van der Waals surface area contributed by atoms with Gasteiger partial charge in [-0.05, 0) is 34.0 Å². The largest absolute Gasteiger partial charge is 0.495 e. The monoisotopic (exact) mass is 344 g/mol.